The first-order valence-corrected chi connectivity index (χ1v) is 8.78. The van der Waals surface area contributed by atoms with E-state index in [1.807, 2.05) is 0 Å². The minimum atomic E-state index is -4.45. The molecule has 0 aliphatic rings. The zero-order chi connectivity index (χ0) is 21.9. The smallest absolute Gasteiger partial charge is 0.325 e. The average Bonchev–Trinajstić information content (AvgIpc) is 2.69. The van der Waals surface area contributed by atoms with Gasteiger partial charge in [0.25, 0.3) is 5.56 Å². The van der Waals surface area contributed by atoms with Gasteiger partial charge in [0.05, 0.1) is 17.6 Å². The predicted octanol–water partition coefficient (Wildman–Crippen LogP) is 3.77. The fourth-order valence-electron chi connectivity index (χ4n) is 2.68. The summed E-state index contributed by atoms with van der Waals surface area (Å²) in [6.07, 6.45) is -3.29. The Hall–Kier alpha value is -3.75. The summed E-state index contributed by atoms with van der Waals surface area (Å²) in [6, 6.07) is 11.7. The highest BCUT2D eigenvalue weighted by Gasteiger charge is 2.30. The fourth-order valence-corrected chi connectivity index (χ4v) is 2.68. The summed E-state index contributed by atoms with van der Waals surface area (Å²) < 4.78 is 39.0. The molecule has 0 radical (unpaired) electrons. The van der Waals surface area contributed by atoms with Crippen molar-refractivity contribution in [2.75, 3.05) is 5.32 Å². The van der Waals surface area contributed by atoms with Crippen molar-refractivity contribution in [2.24, 2.45) is 0 Å². The summed E-state index contributed by atoms with van der Waals surface area (Å²) in [5.41, 5.74) is 0.196. The highest BCUT2D eigenvalue weighted by Crippen LogP contribution is 2.30. The van der Waals surface area contributed by atoms with Crippen LogP contribution in [-0.4, -0.2) is 21.2 Å². The first kappa shape index (κ1) is 21.0. The SMILES string of the molecule is CC(=O)c1ccc(NC(=O)Cn2cnc(-c3ccc(C(F)(F)F)cc3)cc2=O)cc1. The van der Waals surface area contributed by atoms with Gasteiger partial charge >= 0.3 is 6.18 Å². The number of ketones is 1. The van der Waals surface area contributed by atoms with Gasteiger partial charge in [-0.25, -0.2) is 4.98 Å². The van der Waals surface area contributed by atoms with Gasteiger partial charge in [-0.1, -0.05) is 12.1 Å². The predicted molar refractivity (Wildman–Crippen MR) is 104 cm³/mol. The maximum Gasteiger partial charge on any atom is 0.416 e. The van der Waals surface area contributed by atoms with Crippen LogP contribution in [0, 0.1) is 0 Å². The molecular formula is C21H16F3N3O3. The van der Waals surface area contributed by atoms with E-state index in [1.165, 1.54) is 19.1 Å². The summed E-state index contributed by atoms with van der Waals surface area (Å²) in [7, 11) is 0. The third-order valence-electron chi connectivity index (χ3n) is 4.28. The van der Waals surface area contributed by atoms with E-state index in [2.05, 4.69) is 10.3 Å². The lowest BCUT2D eigenvalue weighted by Gasteiger charge is -2.09. The molecule has 3 rings (SSSR count). The molecule has 0 aliphatic heterocycles. The molecule has 0 bridgehead atoms. The molecule has 0 unspecified atom stereocenters. The Morgan fingerprint density at radius 3 is 2.20 bits per heavy atom. The summed E-state index contributed by atoms with van der Waals surface area (Å²) >= 11 is 0. The Morgan fingerprint density at radius 2 is 1.67 bits per heavy atom. The maximum absolute atomic E-state index is 12.7. The standard InChI is InChI=1S/C21H16F3N3O3/c1-13(28)14-4-8-17(9-5-14)26-19(29)11-27-12-25-18(10-20(27)30)15-2-6-16(7-3-15)21(22,23)24/h2-10,12H,11H2,1H3,(H,26,29). The average molecular weight is 415 g/mol. The lowest BCUT2D eigenvalue weighted by Crippen LogP contribution is -2.27. The second-order valence-corrected chi connectivity index (χ2v) is 6.50. The van der Waals surface area contributed by atoms with Gasteiger partial charge in [-0.15, -0.1) is 0 Å². The Kier molecular flexibility index (Phi) is 5.81. The molecule has 0 atom stereocenters. The van der Waals surface area contributed by atoms with Gasteiger partial charge in [0.15, 0.2) is 5.78 Å². The minimum absolute atomic E-state index is 0.0985. The first-order chi connectivity index (χ1) is 14.1. The molecule has 2 aromatic carbocycles. The highest BCUT2D eigenvalue weighted by atomic mass is 19.4. The van der Waals surface area contributed by atoms with Gasteiger partial charge in [0, 0.05) is 22.9 Å². The molecule has 9 heteroatoms. The lowest BCUT2D eigenvalue weighted by molar-refractivity contribution is -0.137. The van der Waals surface area contributed by atoms with Crippen LogP contribution in [-0.2, 0) is 17.5 Å². The van der Waals surface area contributed by atoms with Crippen molar-refractivity contribution in [2.45, 2.75) is 19.6 Å². The van der Waals surface area contributed by atoms with Crippen LogP contribution in [0.15, 0.2) is 65.7 Å². The fraction of sp³-hybridized carbons (Fsp3) is 0.143. The van der Waals surface area contributed by atoms with Crippen molar-refractivity contribution < 1.29 is 22.8 Å². The van der Waals surface area contributed by atoms with Crippen LogP contribution in [0.3, 0.4) is 0 Å². The molecule has 3 aromatic rings. The van der Waals surface area contributed by atoms with E-state index in [0.717, 1.165) is 29.1 Å². The number of anilines is 1. The summed E-state index contributed by atoms with van der Waals surface area (Å²) in [5, 5.41) is 2.61. The number of amides is 1. The Labute approximate surface area is 169 Å². The van der Waals surface area contributed by atoms with Crippen molar-refractivity contribution in [3.8, 4) is 11.3 Å². The molecule has 0 saturated heterocycles. The number of benzene rings is 2. The number of nitrogens with one attached hydrogen (secondary N) is 1. The number of halogens is 3. The Bertz CT molecular complexity index is 1140. The number of nitrogens with zero attached hydrogens (tertiary/aromatic N) is 2. The molecule has 1 N–H and O–H groups in total. The van der Waals surface area contributed by atoms with Gasteiger partial charge in [-0.2, -0.15) is 13.2 Å². The molecule has 154 valence electrons. The van der Waals surface area contributed by atoms with Crippen molar-refractivity contribution in [3.63, 3.8) is 0 Å². The monoisotopic (exact) mass is 415 g/mol. The molecule has 1 amide bonds. The zero-order valence-corrected chi connectivity index (χ0v) is 15.7. The van der Waals surface area contributed by atoms with Crippen LogP contribution in [0.2, 0.25) is 0 Å². The number of Topliss-reactive ketones (excluding diaryl/α,β-unsaturated/α-hetero) is 1. The van der Waals surface area contributed by atoms with Crippen molar-refractivity contribution >= 4 is 17.4 Å². The highest BCUT2D eigenvalue weighted by molar-refractivity contribution is 5.95. The third-order valence-corrected chi connectivity index (χ3v) is 4.28. The molecular weight excluding hydrogens is 399 g/mol. The topological polar surface area (TPSA) is 81.1 Å². The first-order valence-electron chi connectivity index (χ1n) is 8.78. The van der Waals surface area contributed by atoms with Crippen LogP contribution < -0.4 is 10.9 Å². The summed E-state index contributed by atoms with van der Waals surface area (Å²) in [6.45, 7) is 1.13. The number of carbonyl (C=O) groups excluding carboxylic acids is 2. The largest absolute Gasteiger partial charge is 0.416 e. The lowest BCUT2D eigenvalue weighted by atomic mass is 10.1. The molecule has 0 saturated carbocycles. The van der Waals surface area contributed by atoms with Crippen molar-refractivity contribution in [1.82, 2.24) is 9.55 Å². The number of aromatic nitrogens is 2. The second-order valence-electron chi connectivity index (χ2n) is 6.50. The number of hydrogen-bond acceptors (Lipinski definition) is 4. The van der Waals surface area contributed by atoms with Gasteiger partial charge in [0.2, 0.25) is 5.91 Å². The third kappa shape index (κ3) is 4.99. The van der Waals surface area contributed by atoms with E-state index in [0.29, 0.717) is 16.8 Å². The van der Waals surface area contributed by atoms with E-state index < -0.39 is 23.2 Å². The number of carbonyl (C=O) groups is 2. The van der Waals surface area contributed by atoms with Crippen molar-refractivity contribution in [1.29, 1.82) is 0 Å². The summed E-state index contributed by atoms with van der Waals surface area (Å²) in [5.74, 6) is -0.574. The molecule has 6 nitrogen and oxygen atoms in total. The van der Waals surface area contributed by atoms with Gasteiger partial charge in [-0.3, -0.25) is 19.0 Å². The van der Waals surface area contributed by atoms with E-state index in [1.54, 1.807) is 24.3 Å². The van der Waals surface area contributed by atoms with E-state index in [9.17, 15) is 27.6 Å². The van der Waals surface area contributed by atoms with Crippen LogP contribution in [0.1, 0.15) is 22.8 Å². The van der Waals surface area contributed by atoms with Crippen LogP contribution in [0.25, 0.3) is 11.3 Å². The minimum Gasteiger partial charge on any atom is -0.325 e. The molecule has 1 aromatic heterocycles. The Morgan fingerprint density at radius 1 is 1.03 bits per heavy atom. The van der Waals surface area contributed by atoms with Crippen molar-refractivity contribution in [3.05, 3.63) is 82.4 Å². The van der Waals surface area contributed by atoms with Crippen LogP contribution in [0.4, 0.5) is 18.9 Å². The Balaban J connectivity index is 1.70. The molecule has 1 heterocycles. The number of hydrogen-bond donors (Lipinski definition) is 1. The summed E-state index contributed by atoms with van der Waals surface area (Å²) in [4.78, 5) is 39.8. The molecule has 0 spiro atoms. The van der Waals surface area contributed by atoms with Crippen LogP contribution in [0.5, 0.6) is 0 Å². The quantitative estimate of drug-likeness (QED) is 0.644. The van der Waals surface area contributed by atoms with E-state index in [-0.39, 0.29) is 18.0 Å². The number of alkyl halides is 3. The van der Waals surface area contributed by atoms with Gasteiger partial charge in [0.1, 0.15) is 6.54 Å². The molecule has 0 fully saturated rings. The van der Waals surface area contributed by atoms with Gasteiger partial charge in [-0.05, 0) is 43.3 Å². The molecule has 0 aliphatic carbocycles. The van der Waals surface area contributed by atoms with Gasteiger partial charge < -0.3 is 5.32 Å². The normalized spacial score (nSPS) is 11.2. The van der Waals surface area contributed by atoms with Crippen LogP contribution >= 0.6 is 0 Å². The van der Waals surface area contributed by atoms with E-state index in [4.69, 9.17) is 0 Å². The number of rotatable bonds is 5. The maximum atomic E-state index is 12.7. The van der Waals surface area contributed by atoms with E-state index >= 15 is 0 Å². The molecule has 30 heavy (non-hydrogen) atoms. The second kappa shape index (κ2) is 8.32. The zero-order valence-electron chi connectivity index (χ0n) is 15.7.